The summed E-state index contributed by atoms with van der Waals surface area (Å²) in [5.41, 5.74) is -0.606. The van der Waals surface area contributed by atoms with Crippen molar-refractivity contribution < 1.29 is 18.4 Å². The Bertz CT molecular complexity index is 741. The Balaban J connectivity index is 2.19. The molecule has 0 fully saturated rings. The summed E-state index contributed by atoms with van der Waals surface area (Å²) >= 11 is 0. The van der Waals surface area contributed by atoms with E-state index in [1.807, 2.05) is 0 Å². The van der Waals surface area contributed by atoms with Crippen LogP contribution in [0, 0.1) is 33.1 Å². The standard InChI is InChI=1S/C14H8F2N2O3/c15-11-6-9(7-17)4-5-13(11)21-8-10-2-1-3-12(14(10)16)18(19)20/h1-6H,8H2. The largest absolute Gasteiger partial charge is 0.486 e. The molecule has 0 spiro atoms. The van der Waals surface area contributed by atoms with Crippen LogP contribution >= 0.6 is 0 Å². The van der Waals surface area contributed by atoms with E-state index in [1.54, 1.807) is 6.07 Å². The summed E-state index contributed by atoms with van der Waals surface area (Å²) in [7, 11) is 0. The van der Waals surface area contributed by atoms with E-state index in [2.05, 4.69) is 0 Å². The lowest BCUT2D eigenvalue weighted by atomic mass is 10.2. The maximum absolute atomic E-state index is 13.8. The first-order valence-electron chi connectivity index (χ1n) is 5.77. The van der Waals surface area contributed by atoms with Gasteiger partial charge in [0, 0.05) is 11.6 Å². The molecule has 0 aliphatic heterocycles. The molecule has 2 rings (SSSR count). The minimum Gasteiger partial charge on any atom is -0.486 e. The Morgan fingerprint density at radius 1 is 1.29 bits per heavy atom. The molecule has 7 heteroatoms. The molecule has 0 N–H and O–H groups in total. The molecule has 0 aliphatic carbocycles. The topological polar surface area (TPSA) is 76.2 Å². The fraction of sp³-hybridized carbons (Fsp3) is 0.0714. The highest BCUT2D eigenvalue weighted by molar-refractivity contribution is 5.38. The molecule has 0 heterocycles. The molecule has 0 aliphatic rings. The molecule has 2 aromatic carbocycles. The van der Waals surface area contributed by atoms with Gasteiger partial charge in [0.25, 0.3) is 0 Å². The van der Waals surface area contributed by atoms with Crippen LogP contribution in [0.5, 0.6) is 5.75 Å². The first-order chi connectivity index (χ1) is 10.0. The minimum atomic E-state index is -1.02. The predicted octanol–water partition coefficient (Wildman–Crippen LogP) is 3.32. The average Bonchev–Trinajstić information content (AvgIpc) is 2.46. The van der Waals surface area contributed by atoms with Crippen LogP contribution < -0.4 is 4.74 Å². The number of hydrogen-bond donors (Lipinski definition) is 0. The number of nitrogens with zero attached hydrogens (tertiary/aromatic N) is 2. The molecule has 0 saturated heterocycles. The lowest BCUT2D eigenvalue weighted by molar-refractivity contribution is -0.387. The maximum atomic E-state index is 13.8. The van der Waals surface area contributed by atoms with Gasteiger partial charge in [0.2, 0.25) is 5.82 Å². The van der Waals surface area contributed by atoms with Crippen LogP contribution in [0.2, 0.25) is 0 Å². The first-order valence-corrected chi connectivity index (χ1v) is 5.77. The number of halogens is 2. The van der Waals surface area contributed by atoms with Crippen LogP contribution in [-0.2, 0) is 6.61 Å². The predicted molar refractivity (Wildman–Crippen MR) is 68.5 cm³/mol. The molecular weight excluding hydrogens is 282 g/mol. The quantitative estimate of drug-likeness (QED) is 0.639. The van der Waals surface area contributed by atoms with Gasteiger partial charge < -0.3 is 4.74 Å². The summed E-state index contributed by atoms with van der Waals surface area (Å²) in [6, 6.07) is 8.99. The fourth-order valence-corrected chi connectivity index (χ4v) is 1.66. The summed E-state index contributed by atoms with van der Waals surface area (Å²) in [4.78, 5) is 9.76. The van der Waals surface area contributed by atoms with Gasteiger partial charge in [-0.25, -0.2) is 4.39 Å². The highest BCUT2D eigenvalue weighted by Crippen LogP contribution is 2.23. The number of nitriles is 1. The maximum Gasteiger partial charge on any atom is 0.305 e. The van der Waals surface area contributed by atoms with Crippen LogP contribution in [0.3, 0.4) is 0 Å². The van der Waals surface area contributed by atoms with Crippen LogP contribution in [0.15, 0.2) is 36.4 Å². The van der Waals surface area contributed by atoms with E-state index >= 15 is 0 Å². The van der Waals surface area contributed by atoms with E-state index in [-0.39, 0.29) is 23.5 Å². The number of nitro groups is 1. The molecule has 0 saturated carbocycles. The number of ether oxygens (including phenoxy) is 1. The van der Waals surface area contributed by atoms with Gasteiger partial charge in [-0.05, 0) is 18.2 Å². The molecule has 106 valence electrons. The fourth-order valence-electron chi connectivity index (χ4n) is 1.66. The molecule has 5 nitrogen and oxygen atoms in total. The van der Waals surface area contributed by atoms with Gasteiger partial charge in [0.05, 0.1) is 16.6 Å². The van der Waals surface area contributed by atoms with Crippen molar-refractivity contribution in [2.45, 2.75) is 6.61 Å². The van der Waals surface area contributed by atoms with E-state index in [9.17, 15) is 18.9 Å². The summed E-state index contributed by atoms with van der Waals surface area (Å²) in [5, 5.41) is 19.2. The van der Waals surface area contributed by atoms with Gasteiger partial charge in [-0.2, -0.15) is 9.65 Å². The van der Waals surface area contributed by atoms with E-state index in [4.69, 9.17) is 10.00 Å². The number of rotatable bonds is 4. The molecule has 0 radical (unpaired) electrons. The van der Waals surface area contributed by atoms with Crippen molar-refractivity contribution in [1.82, 2.24) is 0 Å². The molecule has 0 bridgehead atoms. The Kier molecular flexibility index (Phi) is 4.09. The highest BCUT2D eigenvalue weighted by atomic mass is 19.1. The first kappa shape index (κ1) is 14.4. The summed E-state index contributed by atoms with van der Waals surface area (Å²) in [6.07, 6.45) is 0. The SMILES string of the molecule is N#Cc1ccc(OCc2cccc([N+](=O)[O-])c2F)c(F)c1. The Labute approximate surface area is 118 Å². The smallest absolute Gasteiger partial charge is 0.305 e. The van der Waals surface area contributed by atoms with Crippen LogP contribution in [0.4, 0.5) is 14.5 Å². The lowest BCUT2D eigenvalue weighted by Gasteiger charge is -2.08. The van der Waals surface area contributed by atoms with Crippen LogP contribution in [-0.4, -0.2) is 4.92 Å². The lowest BCUT2D eigenvalue weighted by Crippen LogP contribution is -2.02. The van der Waals surface area contributed by atoms with Crippen LogP contribution in [0.1, 0.15) is 11.1 Å². The summed E-state index contributed by atoms with van der Waals surface area (Å²) < 4.78 is 32.4. The molecule has 0 aromatic heterocycles. The minimum absolute atomic E-state index is 0.0621. The molecule has 21 heavy (non-hydrogen) atoms. The Hall–Kier alpha value is -3.01. The third-order valence-corrected chi connectivity index (χ3v) is 2.70. The van der Waals surface area contributed by atoms with Crippen molar-refractivity contribution in [1.29, 1.82) is 5.26 Å². The second-order valence-corrected chi connectivity index (χ2v) is 4.05. The zero-order valence-corrected chi connectivity index (χ0v) is 10.5. The van der Waals surface area contributed by atoms with Crippen molar-refractivity contribution in [2.75, 3.05) is 0 Å². The summed E-state index contributed by atoms with van der Waals surface area (Å²) in [6.45, 7) is -0.365. The Morgan fingerprint density at radius 3 is 2.67 bits per heavy atom. The highest BCUT2D eigenvalue weighted by Gasteiger charge is 2.17. The average molecular weight is 290 g/mol. The number of hydrogen-bond acceptors (Lipinski definition) is 4. The molecule has 2 aromatic rings. The van der Waals surface area contributed by atoms with E-state index < -0.39 is 22.2 Å². The van der Waals surface area contributed by atoms with Crippen molar-refractivity contribution in [2.24, 2.45) is 0 Å². The molecule has 0 unspecified atom stereocenters. The third kappa shape index (κ3) is 3.12. The van der Waals surface area contributed by atoms with E-state index in [0.717, 1.165) is 12.1 Å². The van der Waals surface area contributed by atoms with E-state index in [0.29, 0.717) is 0 Å². The molecule has 0 atom stereocenters. The van der Waals surface area contributed by atoms with Crippen molar-refractivity contribution in [3.8, 4) is 11.8 Å². The number of benzene rings is 2. The van der Waals surface area contributed by atoms with Crippen molar-refractivity contribution in [3.63, 3.8) is 0 Å². The van der Waals surface area contributed by atoms with E-state index in [1.165, 1.54) is 24.3 Å². The van der Waals surface area contributed by atoms with Gasteiger partial charge >= 0.3 is 5.69 Å². The second kappa shape index (κ2) is 5.96. The van der Waals surface area contributed by atoms with Gasteiger partial charge in [-0.1, -0.05) is 12.1 Å². The third-order valence-electron chi connectivity index (χ3n) is 2.70. The Morgan fingerprint density at radius 2 is 2.05 bits per heavy atom. The second-order valence-electron chi connectivity index (χ2n) is 4.05. The monoisotopic (exact) mass is 290 g/mol. The van der Waals surface area contributed by atoms with Crippen LogP contribution in [0.25, 0.3) is 0 Å². The summed E-state index contributed by atoms with van der Waals surface area (Å²) in [5.74, 6) is -1.95. The zero-order valence-electron chi connectivity index (χ0n) is 10.5. The molecular formula is C14H8F2N2O3. The van der Waals surface area contributed by atoms with Gasteiger partial charge in [0.1, 0.15) is 6.61 Å². The number of nitro benzene ring substituents is 1. The van der Waals surface area contributed by atoms with Gasteiger partial charge in [0.15, 0.2) is 11.6 Å². The van der Waals surface area contributed by atoms with Crippen molar-refractivity contribution >= 4 is 5.69 Å². The molecule has 0 amide bonds. The van der Waals surface area contributed by atoms with Crippen molar-refractivity contribution in [3.05, 3.63) is 69.3 Å². The van der Waals surface area contributed by atoms with Gasteiger partial charge in [-0.3, -0.25) is 10.1 Å². The van der Waals surface area contributed by atoms with Gasteiger partial charge in [-0.15, -0.1) is 0 Å². The zero-order chi connectivity index (χ0) is 15.4. The normalized spacial score (nSPS) is 9.95.